The molecular weight excluding hydrogens is 260 g/mol. The first-order chi connectivity index (χ1) is 7.54. The SMILES string of the molecule is CCCS(=O)(=O)N1CC2CCCC(N)C2C1.Cl. The average molecular weight is 283 g/mol. The molecule has 2 fully saturated rings. The summed E-state index contributed by atoms with van der Waals surface area (Å²) in [5, 5.41) is 0. The molecule has 2 rings (SSSR count). The maximum Gasteiger partial charge on any atom is 0.214 e. The number of hydrogen-bond donors (Lipinski definition) is 1. The van der Waals surface area contributed by atoms with Gasteiger partial charge in [-0.1, -0.05) is 13.3 Å². The zero-order valence-electron chi connectivity index (χ0n) is 10.3. The molecule has 0 amide bonds. The maximum absolute atomic E-state index is 12.0. The number of sulfonamides is 1. The molecule has 0 aromatic carbocycles. The van der Waals surface area contributed by atoms with Crippen LogP contribution >= 0.6 is 12.4 Å². The van der Waals surface area contributed by atoms with Gasteiger partial charge in [0, 0.05) is 19.1 Å². The molecule has 6 heteroatoms. The molecule has 2 N–H and O–H groups in total. The Morgan fingerprint density at radius 2 is 2.00 bits per heavy atom. The average Bonchev–Trinajstić information content (AvgIpc) is 2.63. The van der Waals surface area contributed by atoms with Crippen LogP contribution in [0.4, 0.5) is 0 Å². The first-order valence-corrected chi connectivity index (χ1v) is 7.89. The molecule has 0 bridgehead atoms. The summed E-state index contributed by atoms with van der Waals surface area (Å²) in [5.74, 6) is 1.19. The molecule has 17 heavy (non-hydrogen) atoms. The highest BCUT2D eigenvalue weighted by Gasteiger charge is 2.42. The van der Waals surface area contributed by atoms with Crippen molar-refractivity contribution in [3.63, 3.8) is 0 Å². The lowest BCUT2D eigenvalue weighted by Gasteiger charge is -2.29. The molecule has 2 aliphatic rings. The summed E-state index contributed by atoms with van der Waals surface area (Å²) in [5.41, 5.74) is 6.08. The summed E-state index contributed by atoms with van der Waals surface area (Å²) in [6, 6.07) is 0.209. The van der Waals surface area contributed by atoms with Crippen molar-refractivity contribution < 1.29 is 8.42 Å². The van der Waals surface area contributed by atoms with Crippen LogP contribution in [0.25, 0.3) is 0 Å². The first kappa shape index (κ1) is 15.2. The Balaban J connectivity index is 0.00000144. The van der Waals surface area contributed by atoms with E-state index in [2.05, 4.69) is 0 Å². The molecule has 4 nitrogen and oxygen atoms in total. The van der Waals surface area contributed by atoms with Gasteiger partial charge in [0.25, 0.3) is 0 Å². The minimum absolute atomic E-state index is 0. The van der Waals surface area contributed by atoms with E-state index in [4.69, 9.17) is 5.73 Å². The van der Waals surface area contributed by atoms with Crippen molar-refractivity contribution >= 4 is 22.4 Å². The van der Waals surface area contributed by atoms with E-state index in [-0.39, 0.29) is 24.2 Å². The number of halogens is 1. The van der Waals surface area contributed by atoms with Crippen molar-refractivity contribution in [1.82, 2.24) is 4.31 Å². The van der Waals surface area contributed by atoms with Gasteiger partial charge in [0.05, 0.1) is 5.75 Å². The summed E-state index contributed by atoms with van der Waals surface area (Å²) >= 11 is 0. The van der Waals surface area contributed by atoms with Crippen LogP contribution < -0.4 is 5.73 Å². The third-order valence-corrected chi connectivity index (χ3v) is 5.98. The van der Waals surface area contributed by atoms with Crippen LogP contribution in [0.1, 0.15) is 32.6 Å². The van der Waals surface area contributed by atoms with Crippen molar-refractivity contribution in [2.75, 3.05) is 18.8 Å². The van der Waals surface area contributed by atoms with Crippen LogP contribution in [0.15, 0.2) is 0 Å². The molecule has 1 saturated heterocycles. The Labute approximate surface area is 110 Å². The fourth-order valence-electron chi connectivity index (χ4n) is 3.09. The molecule has 3 atom stereocenters. The normalized spacial score (nSPS) is 34.1. The van der Waals surface area contributed by atoms with Crippen molar-refractivity contribution in [3.8, 4) is 0 Å². The van der Waals surface area contributed by atoms with E-state index in [1.165, 1.54) is 0 Å². The van der Waals surface area contributed by atoms with Crippen molar-refractivity contribution in [2.45, 2.75) is 38.6 Å². The number of nitrogens with two attached hydrogens (primary N) is 1. The van der Waals surface area contributed by atoms with Gasteiger partial charge < -0.3 is 5.73 Å². The Kier molecular flexibility index (Phi) is 5.25. The van der Waals surface area contributed by atoms with E-state index >= 15 is 0 Å². The van der Waals surface area contributed by atoms with Gasteiger partial charge in [-0.2, -0.15) is 0 Å². The molecule has 1 aliphatic carbocycles. The highest BCUT2D eigenvalue weighted by Crippen LogP contribution is 2.36. The number of fused-ring (bicyclic) bond motifs is 1. The third kappa shape index (κ3) is 3.13. The summed E-state index contributed by atoms with van der Waals surface area (Å²) in [6.07, 6.45) is 4.06. The van der Waals surface area contributed by atoms with Gasteiger partial charge in [0.15, 0.2) is 0 Å². The topological polar surface area (TPSA) is 63.4 Å². The molecule has 0 spiro atoms. The van der Waals surface area contributed by atoms with Gasteiger partial charge >= 0.3 is 0 Å². The molecule has 0 aromatic heterocycles. The summed E-state index contributed by atoms with van der Waals surface area (Å²) in [7, 11) is -3.01. The van der Waals surface area contributed by atoms with Crippen LogP contribution in [0.3, 0.4) is 0 Å². The predicted octanol–water partition coefficient (Wildman–Crippen LogP) is 1.21. The number of rotatable bonds is 3. The molecule has 1 saturated carbocycles. The fourth-order valence-corrected chi connectivity index (χ4v) is 4.68. The van der Waals surface area contributed by atoms with Gasteiger partial charge in [0.2, 0.25) is 10.0 Å². The molecule has 102 valence electrons. The first-order valence-electron chi connectivity index (χ1n) is 6.28. The molecule has 1 aliphatic heterocycles. The lowest BCUT2D eigenvalue weighted by Crippen LogP contribution is -2.38. The monoisotopic (exact) mass is 282 g/mol. The zero-order chi connectivity index (χ0) is 11.8. The van der Waals surface area contributed by atoms with Crippen LogP contribution in [0.2, 0.25) is 0 Å². The Hall–Kier alpha value is 0.160. The van der Waals surface area contributed by atoms with Crippen LogP contribution in [0.5, 0.6) is 0 Å². The molecule has 0 radical (unpaired) electrons. The Morgan fingerprint density at radius 1 is 1.29 bits per heavy atom. The minimum Gasteiger partial charge on any atom is -0.327 e. The number of nitrogens with zero attached hydrogens (tertiary/aromatic N) is 1. The summed E-state index contributed by atoms with van der Waals surface area (Å²) < 4.78 is 25.6. The highest BCUT2D eigenvalue weighted by molar-refractivity contribution is 7.89. The molecular formula is C11H23ClN2O2S. The molecule has 3 unspecified atom stereocenters. The highest BCUT2D eigenvalue weighted by atomic mass is 35.5. The van der Waals surface area contributed by atoms with Crippen LogP contribution in [-0.4, -0.2) is 37.6 Å². The van der Waals surface area contributed by atoms with Crippen molar-refractivity contribution in [2.24, 2.45) is 17.6 Å². The van der Waals surface area contributed by atoms with Gasteiger partial charge in [-0.15, -0.1) is 12.4 Å². The second-order valence-electron chi connectivity index (χ2n) is 5.15. The van der Waals surface area contributed by atoms with E-state index in [1.54, 1.807) is 4.31 Å². The van der Waals surface area contributed by atoms with Gasteiger partial charge in [-0.25, -0.2) is 12.7 Å². The fraction of sp³-hybridized carbons (Fsp3) is 1.00. The zero-order valence-corrected chi connectivity index (χ0v) is 12.0. The number of hydrogen-bond acceptors (Lipinski definition) is 3. The standard InChI is InChI=1S/C11H22N2O2S.ClH/c1-2-6-16(14,15)13-7-9-4-3-5-11(12)10(9)8-13;/h9-11H,2-8,12H2,1H3;1H. The van der Waals surface area contributed by atoms with Gasteiger partial charge in [0.1, 0.15) is 0 Å². The van der Waals surface area contributed by atoms with Crippen LogP contribution in [0, 0.1) is 11.8 Å². The minimum atomic E-state index is -3.01. The van der Waals surface area contributed by atoms with Gasteiger partial charge in [-0.05, 0) is 31.1 Å². The quantitative estimate of drug-likeness (QED) is 0.846. The van der Waals surface area contributed by atoms with E-state index in [0.29, 0.717) is 31.3 Å². The maximum atomic E-state index is 12.0. The summed E-state index contributed by atoms with van der Waals surface area (Å²) in [4.78, 5) is 0. The second-order valence-corrected chi connectivity index (χ2v) is 7.24. The van der Waals surface area contributed by atoms with E-state index < -0.39 is 10.0 Å². The third-order valence-electron chi connectivity index (χ3n) is 3.98. The van der Waals surface area contributed by atoms with E-state index in [1.807, 2.05) is 6.92 Å². The van der Waals surface area contributed by atoms with Crippen molar-refractivity contribution in [1.29, 1.82) is 0 Å². The lowest BCUT2D eigenvalue weighted by atomic mass is 9.78. The lowest BCUT2D eigenvalue weighted by molar-refractivity contribution is 0.260. The van der Waals surface area contributed by atoms with E-state index in [0.717, 1.165) is 19.3 Å². The summed E-state index contributed by atoms with van der Waals surface area (Å²) in [6.45, 7) is 3.28. The van der Waals surface area contributed by atoms with Gasteiger partial charge in [-0.3, -0.25) is 0 Å². The second kappa shape index (κ2) is 5.87. The Bertz CT molecular complexity index is 347. The Morgan fingerprint density at radius 3 is 2.59 bits per heavy atom. The van der Waals surface area contributed by atoms with Crippen molar-refractivity contribution in [3.05, 3.63) is 0 Å². The molecule has 0 aromatic rings. The smallest absolute Gasteiger partial charge is 0.214 e. The predicted molar refractivity (Wildman–Crippen MR) is 71.7 cm³/mol. The largest absolute Gasteiger partial charge is 0.327 e. The molecule has 1 heterocycles. The van der Waals surface area contributed by atoms with Crippen LogP contribution in [-0.2, 0) is 10.0 Å². The van der Waals surface area contributed by atoms with E-state index in [9.17, 15) is 8.42 Å².